The summed E-state index contributed by atoms with van der Waals surface area (Å²) in [5.41, 5.74) is 1.11. The second-order valence-electron chi connectivity index (χ2n) is 6.69. The molecular formula is C20H16Cl2N4O5. The lowest BCUT2D eigenvalue weighted by atomic mass is 10.1. The van der Waals surface area contributed by atoms with Crippen molar-refractivity contribution >= 4 is 46.2 Å². The third-order valence-electron chi connectivity index (χ3n) is 4.63. The van der Waals surface area contributed by atoms with E-state index in [9.17, 15) is 9.59 Å². The highest BCUT2D eigenvalue weighted by Crippen LogP contribution is 2.37. The van der Waals surface area contributed by atoms with Crippen LogP contribution in [0.2, 0.25) is 10.4 Å². The highest BCUT2D eigenvalue weighted by atomic mass is 35.5. The molecule has 1 aliphatic heterocycles. The van der Waals surface area contributed by atoms with Crippen molar-refractivity contribution in [2.45, 2.75) is 25.4 Å². The highest BCUT2D eigenvalue weighted by molar-refractivity contribution is 6.35. The fourth-order valence-corrected chi connectivity index (χ4v) is 3.62. The van der Waals surface area contributed by atoms with Crippen molar-refractivity contribution in [3.8, 4) is 0 Å². The lowest BCUT2D eigenvalue weighted by molar-refractivity contribution is -0.151. The van der Waals surface area contributed by atoms with E-state index in [4.69, 9.17) is 37.4 Å². The molecule has 1 unspecified atom stereocenters. The van der Waals surface area contributed by atoms with E-state index in [0.717, 1.165) is 0 Å². The van der Waals surface area contributed by atoms with Crippen molar-refractivity contribution < 1.29 is 23.8 Å². The molecule has 9 nitrogen and oxygen atoms in total. The smallest absolute Gasteiger partial charge is 0.338 e. The van der Waals surface area contributed by atoms with Gasteiger partial charge in [-0.3, -0.25) is 4.79 Å². The van der Waals surface area contributed by atoms with Crippen molar-refractivity contribution in [3.05, 3.63) is 64.7 Å². The zero-order valence-corrected chi connectivity index (χ0v) is 17.7. The Kier molecular flexibility index (Phi) is 5.90. The largest absolute Gasteiger partial charge is 0.459 e. The molecule has 0 aliphatic carbocycles. The Morgan fingerprint density at radius 1 is 1.23 bits per heavy atom. The fourth-order valence-electron chi connectivity index (χ4n) is 3.20. The molecular weight excluding hydrogens is 447 g/mol. The van der Waals surface area contributed by atoms with E-state index in [-0.39, 0.29) is 17.0 Å². The number of hydrogen-bond acceptors (Lipinski definition) is 8. The van der Waals surface area contributed by atoms with Gasteiger partial charge in [0.25, 0.3) is 0 Å². The van der Waals surface area contributed by atoms with Crippen LogP contribution in [0.5, 0.6) is 0 Å². The molecule has 31 heavy (non-hydrogen) atoms. The van der Waals surface area contributed by atoms with E-state index in [1.165, 1.54) is 17.8 Å². The summed E-state index contributed by atoms with van der Waals surface area (Å²) >= 11 is 12.0. The van der Waals surface area contributed by atoms with Gasteiger partial charge in [0.2, 0.25) is 5.28 Å². The summed E-state index contributed by atoms with van der Waals surface area (Å²) in [4.78, 5) is 32.0. The lowest BCUT2D eigenvalue weighted by Gasteiger charge is -2.19. The van der Waals surface area contributed by atoms with Gasteiger partial charge in [0.05, 0.1) is 17.1 Å². The molecule has 1 saturated heterocycles. The first kappa shape index (κ1) is 21.2. The van der Waals surface area contributed by atoms with Crippen LogP contribution in [-0.4, -0.2) is 50.5 Å². The number of esters is 2. The number of fused-ring (bicyclic) bond motifs is 1. The van der Waals surface area contributed by atoms with Crippen molar-refractivity contribution in [1.82, 2.24) is 19.7 Å². The van der Waals surface area contributed by atoms with Crippen LogP contribution in [0.15, 0.2) is 48.7 Å². The Hall–Kier alpha value is -3.01. The number of hydrogen-bond donors (Lipinski definition) is 0. The number of aromatic nitrogens is 4. The van der Waals surface area contributed by atoms with Crippen LogP contribution in [0.4, 0.5) is 0 Å². The number of rotatable bonds is 5. The molecule has 3 atom stereocenters. The van der Waals surface area contributed by atoms with Gasteiger partial charge in [-0.05, 0) is 29.3 Å². The zero-order valence-electron chi connectivity index (χ0n) is 16.2. The van der Waals surface area contributed by atoms with E-state index in [0.29, 0.717) is 22.2 Å². The number of ether oxygens (including phenoxy) is 3. The van der Waals surface area contributed by atoms with Gasteiger partial charge in [-0.1, -0.05) is 36.4 Å². The molecule has 1 fully saturated rings. The summed E-state index contributed by atoms with van der Waals surface area (Å²) in [6.45, 7) is 5.12. The summed E-state index contributed by atoms with van der Waals surface area (Å²) in [6, 6.07) is 8.54. The lowest BCUT2D eigenvalue weighted by Crippen LogP contribution is -2.26. The summed E-state index contributed by atoms with van der Waals surface area (Å²) in [7, 11) is 0. The van der Waals surface area contributed by atoms with Crippen LogP contribution < -0.4 is 0 Å². The monoisotopic (exact) mass is 462 g/mol. The Bertz CT molecular complexity index is 1170. The first-order valence-corrected chi connectivity index (χ1v) is 9.90. The molecule has 4 rings (SSSR count). The SMILES string of the molecule is C=C1[C@@H](OC(C)=O)C(n2ncc3c(Cl)nc(Cl)nc32)O[C@@H]1COC(=O)c1ccccc1. The standard InChI is InChI=1S/C20H16Cl2N4O5/c1-10-14(9-29-19(28)12-6-4-3-5-7-12)31-18(15(10)30-11(2)27)26-17-13(8-23-26)16(21)24-20(22)25-17/h3-8,14-15,18H,1,9H2,2H3/t14-,15-,18?/m1/s1. The molecule has 0 N–H and O–H groups in total. The maximum atomic E-state index is 12.3. The summed E-state index contributed by atoms with van der Waals surface area (Å²) in [6.07, 6.45) is -1.10. The van der Waals surface area contributed by atoms with Crippen molar-refractivity contribution in [2.24, 2.45) is 0 Å². The van der Waals surface area contributed by atoms with Gasteiger partial charge in [-0.15, -0.1) is 0 Å². The number of nitrogens with zero attached hydrogens (tertiary/aromatic N) is 4. The Balaban J connectivity index is 1.60. The molecule has 0 spiro atoms. The van der Waals surface area contributed by atoms with E-state index in [1.54, 1.807) is 30.3 Å². The predicted molar refractivity (Wildman–Crippen MR) is 111 cm³/mol. The van der Waals surface area contributed by atoms with E-state index < -0.39 is 30.4 Å². The van der Waals surface area contributed by atoms with Crippen LogP contribution in [0.3, 0.4) is 0 Å². The quantitative estimate of drug-likeness (QED) is 0.246. The number of benzene rings is 1. The molecule has 11 heteroatoms. The third-order valence-corrected chi connectivity index (χ3v) is 5.09. The summed E-state index contributed by atoms with van der Waals surface area (Å²) in [5, 5.41) is 4.74. The Morgan fingerprint density at radius 3 is 2.68 bits per heavy atom. The van der Waals surface area contributed by atoms with Crippen LogP contribution in [0.1, 0.15) is 23.5 Å². The van der Waals surface area contributed by atoms with Gasteiger partial charge in [0, 0.05) is 6.92 Å². The van der Waals surface area contributed by atoms with E-state index in [2.05, 4.69) is 21.6 Å². The fraction of sp³-hybridized carbons (Fsp3) is 0.250. The second-order valence-corrected chi connectivity index (χ2v) is 7.39. The molecule has 0 saturated carbocycles. The van der Waals surface area contributed by atoms with E-state index >= 15 is 0 Å². The maximum absolute atomic E-state index is 12.3. The van der Waals surface area contributed by atoms with Gasteiger partial charge in [0.15, 0.2) is 18.0 Å². The van der Waals surface area contributed by atoms with Gasteiger partial charge >= 0.3 is 11.9 Å². The van der Waals surface area contributed by atoms with E-state index in [1.807, 2.05) is 0 Å². The second kappa shape index (κ2) is 8.62. The highest BCUT2D eigenvalue weighted by Gasteiger charge is 2.44. The van der Waals surface area contributed by atoms with Gasteiger partial charge in [-0.2, -0.15) is 10.1 Å². The van der Waals surface area contributed by atoms with Crippen molar-refractivity contribution in [3.63, 3.8) is 0 Å². The van der Waals surface area contributed by atoms with Gasteiger partial charge < -0.3 is 14.2 Å². The van der Waals surface area contributed by atoms with Crippen molar-refractivity contribution in [1.29, 1.82) is 0 Å². The van der Waals surface area contributed by atoms with Crippen LogP contribution in [0, 0.1) is 0 Å². The average molecular weight is 463 g/mol. The number of halogens is 2. The molecule has 2 aromatic heterocycles. The molecule has 0 bridgehead atoms. The first-order valence-electron chi connectivity index (χ1n) is 9.15. The summed E-state index contributed by atoms with van der Waals surface area (Å²) < 4.78 is 18.2. The van der Waals surface area contributed by atoms with Gasteiger partial charge in [-0.25, -0.2) is 14.5 Å². The minimum atomic E-state index is -0.920. The number of carbonyl (C=O) groups excluding carboxylic acids is 2. The first-order chi connectivity index (χ1) is 14.8. The molecule has 1 aliphatic rings. The van der Waals surface area contributed by atoms with Gasteiger partial charge in [0.1, 0.15) is 17.9 Å². The molecule has 3 heterocycles. The normalized spacial score (nSPS) is 20.7. The zero-order chi connectivity index (χ0) is 22.1. The Morgan fingerprint density at radius 2 is 1.97 bits per heavy atom. The van der Waals surface area contributed by atoms with Crippen LogP contribution in [-0.2, 0) is 19.0 Å². The topological polar surface area (TPSA) is 105 Å². The average Bonchev–Trinajstić information content (AvgIpc) is 3.28. The molecule has 0 amide bonds. The maximum Gasteiger partial charge on any atom is 0.338 e. The molecule has 3 aromatic rings. The predicted octanol–water partition coefficient (Wildman–Crippen LogP) is 3.38. The minimum absolute atomic E-state index is 0.0755. The number of carbonyl (C=O) groups is 2. The molecule has 1 aromatic carbocycles. The van der Waals surface area contributed by atoms with Crippen LogP contribution >= 0.6 is 23.2 Å². The molecule has 160 valence electrons. The minimum Gasteiger partial charge on any atom is -0.459 e. The molecule has 0 radical (unpaired) electrons. The van der Waals surface area contributed by atoms with Crippen LogP contribution in [0.25, 0.3) is 11.0 Å². The summed E-state index contributed by atoms with van der Waals surface area (Å²) in [5.74, 6) is -1.05. The van der Waals surface area contributed by atoms with Crippen molar-refractivity contribution in [2.75, 3.05) is 6.61 Å². The Labute approximate surface area is 186 Å². The third kappa shape index (κ3) is 4.25.